The Balaban J connectivity index is 4.36. The van der Waals surface area contributed by atoms with E-state index in [4.69, 9.17) is 4.12 Å². The molecule has 0 aromatic carbocycles. The maximum absolute atomic E-state index is 6.33. The zero-order valence-corrected chi connectivity index (χ0v) is 12.9. The third-order valence-electron chi connectivity index (χ3n) is 2.00. The summed E-state index contributed by atoms with van der Waals surface area (Å²) >= 11 is 1.98. The molecule has 0 aromatic rings. The van der Waals surface area contributed by atoms with Crippen LogP contribution in [0.1, 0.15) is 13.3 Å². The third kappa shape index (κ3) is 5.25. The summed E-state index contributed by atoms with van der Waals surface area (Å²) in [7, 11) is -2.78. The molecule has 0 aliphatic carbocycles. The lowest BCUT2D eigenvalue weighted by Crippen LogP contribution is -2.49. The van der Waals surface area contributed by atoms with Gasteiger partial charge in [0.15, 0.2) is 16.6 Å². The van der Waals surface area contributed by atoms with Crippen molar-refractivity contribution in [1.29, 1.82) is 0 Å². The number of hydrogen-bond acceptors (Lipinski definition) is 2. The van der Waals surface area contributed by atoms with Crippen LogP contribution in [0, 0.1) is 0 Å². The predicted octanol–water partition coefficient (Wildman–Crippen LogP) is 3.72. The fourth-order valence-corrected chi connectivity index (χ4v) is 12.7. The van der Waals surface area contributed by atoms with Gasteiger partial charge in [-0.2, -0.15) is 11.8 Å². The van der Waals surface area contributed by atoms with Crippen molar-refractivity contribution in [3.8, 4) is 0 Å². The van der Waals surface area contributed by atoms with E-state index in [1.54, 1.807) is 0 Å². The number of hydrogen-bond donors (Lipinski definition) is 0. The molecule has 0 aromatic heterocycles. The molecule has 0 aliphatic heterocycles. The second kappa shape index (κ2) is 5.00. The minimum absolute atomic E-state index is 0.749. The monoisotopic (exact) mass is 236 g/mol. The van der Waals surface area contributed by atoms with Crippen molar-refractivity contribution in [3.05, 3.63) is 0 Å². The zero-order valence-electron chi connectivity index (χ0n) is 10.1. The van der Waals surface area contributed by atoms with Gasteiger partial charge in [0.1, 0.15) is 0 Å². The minimum Gasteiger partial charge on any atom is -0.455 e. The largest absolute Gasteiger partial charge is 0.455 e. The second-order valence-corrected chi connectivity index (χ2v) is 15.4. The SMILES string of the molecule is CCC(SC)[Si](C)(C)O[Si](C)(C)C. The summed E-state index contributed by atoms with van der Waals surface area (Å²) in [6, 6.07) is 0. The van der Waals surface area contributed by atoms with E-state index < -0.39 is 16.6 Å². The Morgan fingerprint density at radius 1 is 1.15 bits per heavy atom. The van der Waals surface area contributed by atoms with Crippen LogP contribution in [0.15, 0.2) is 0 Å². The number of rotatable bonds is 5. The molecule has 13 heavy (non-hydrogen) atoms. The van der Waals surface area contributed by atoms with Gasteiger partial charge < -0.3 is 4.12 Å². The second-order valence-electron chi connectivity index (χ2n) is 4.95. The van der Waals surface area contributed by atoms with Gasteiger partial charge in [0, 0.05) is 4.87 Å². The van der Waals surface area contributed by atoms with Crippen molar-refractivity contribution in [2.24, 2.45) is 0 Å². The smallest absolute Gasteiger partial charge is 0.186 e. The van der Waals surface area contributed by atoms with Crippen molar-refractivity contribution >= 4 is 28.4 Å². The van der Waals surface area contributed by atoms with Crippen LogP contribution in [0.2, 0.25) is 32.7 Å². The standard InChI is InChI=1S/C9H24OSSi2/c1-8-9(11-2)13(6,7)10-12(3,4)5/h9H,8H2,1-7H3. The molecular formula is C9H24OSSi2. The molecule has 0 saturated heterocycles. The molecule has 0 spiro atoms. The van der Waals surface area contributed by atoms with Gasteiger partial charge in [-0.05, 0) is 45.4 Å². The van der Waals surface area contributed by atoms with Crippen molar-refractivity contribution in [2.75, 3.05) is 6.26 Å². The number of thioether (sulfide) groups is 1. The third-order valence-corrected chi connectivity index (χ3v) is 11.8. The Morgan fingerprint density at radius 2 is 1.62 bits per heavy atom. The van der Waals surface area contributed by atoms with Crippen LogP contribution in [-0.2, 0) is 4.12 Å². The van der Waals surface area contributed by atoms with Gasteiger partial charge in [0.25, 0.3) is 0 Å². The Hall–Kier alpha value is 0.744. The summed E-state index contributed by atoms with van der Waals surface area (Å²) < 4.78 is 6.33. The molecule has 0 saturated carbocycles. The average Bonchev–Trinajstić information content (AvgIpc) is 1.83. The Kier molecular flexibility index (Phi) is 5.29. The summed E-state index contributed by atoms with van der Waals surface area (Å²) in [5.41, 5.74) is 0. The first kappa shape index (κ1) is 13.7. The quantitative estimate of drug-likeness (QED) is 0.673. The van der Waals surface area contributed by atoms with E-state index in [0.29, 0.717) is 0 Å². The minimum atomic E-state index is -1.44. The molecule has 0 bridgehead atoms. The van der Waals surface area contributed by atoms with E-state index in [2.05, 4.69) is 45.9 Å². The highest BCUT2D eigenvalue weighted by Crippen LogP contribution is 2.26. The molecule has 0 heterocycles. The summed E-state index contributed by atoms with van der Waals surface area (Å²) in [6.07, 6.45) is 3.45. The molecule has 1 atom stereocenters. The van der Waals surface area contributed by atoms with Gasteiger partial charge in [-0.15, -0.1) is 0 Å². The van der Waals surface area contributed by atoms with Crippen LogP contribution in [0.5, 0.6) is 0 Å². The van der Waals surface area contributed by atoms with E-state index in [1.807, 2.05) is 11.8 Å². The van der Waals surface area contributed by atoms with Crippen LogP contribution in [0.4, 0.5) is 0 Å². The van der Waals surface area contributed by atoms with Crippen molar-refractivity contribution in [3.63, 3.8) is 0 Å². The first-order valence-electron chi connectivity index (χ1n) is 4.96. The van der Waals surface area contributed by atoms with Crippen LogP contribution in [0.25, 0.3) is 0 Å². The molecule has 0 amide bonds. The zero-order chi connectivity index (χ0) is 10.7. The average molecular weight is 237 g/mol. The molecule has 1 nitrogen and oxygen atoms in total. The molecular weight excluding hydrogens is 212 g/mol. The lowest BCUT2D eigenvalue weighted by Gasteiger charge is -2.36. The molecule has 4 heteroatoms. The molecule has 0 N–H and O–H groups in total. The van der Waals surface area contributed by atoms with Crippen molar-refractivity contribution in [2.45, 2.75) is 51.0 Å². The summed E-state index contributed by atoms with van der Waals surface area (Å²) in [4.78, 5) is 0.749. The lowest BCUT2D eigenvalue weighted by atomic mass is 10.6. The maximum Gasteiger partial charge on any atom is 0.186 e. The van der Waals surface area contributed by atoms with Gasteiger partial charge in [0.05, 0.1) is 0 Å². The van der Waals surface area contributed by atoms with Gasteiger partial charge in [-0.1, -0.05) is 6.92 Å². The van der Waals surface area contributed by atoms with Crippen molar-refractivity contribution < 1.29 is 4.12 Å². The summed E-state index contributed by atoms with van der Waals surface area (Å²) in [5.74, 6) is 0. The van der Waals surface area contributed by atoms with E-state index in [9.17, 15) is 0 Å². The fraction of sp³-hybridized carbons (Fsp3) is 1.00. The highest BCUT2D eigenvalue weighted by molar-refractivity contribution is 8.00. The van der Waals surface area contributed by atoms with E-state index >= 15 is 0 Å². The molecule has 1 unspecified atom stereocenters. The van der Waals surface area contributed by atoms with Crippen LogP contribution >= 0.6 is 11.8 Å². The summed E-state index contributed by atoms with van der Waals surface area (Å²) in [6.45, 7) is 13.8. The highest BCUT2D eigenvalue weighted by atomic mass is 32.2. The first-order chi connectivity index (χ1) is 5.73. The molecule has 0 aliphatic rings. The first-order valence-corrected chi connectivity index (χ1v) is 12.6. The van der Waals surface area contributed by atoms with Crippen LogP contribution in [-0.4, -0.2) is 27.8 Å². The van der Waals surface area contributed by atoms with Gasteiger partial charge in [-0.3, -0.25) is 0 Å². The summed E-state index contributed by atoms with van der Waals surface area (Å²) in [5, 5.41) is 0. The van der Waals surface area contributed by atoms with Gasteiger partial charge >= 0.3 is 0 Å². The van der Waals surface area contributed by atoms with E-state index in [0.717, 1.165) is 4.87 Å². The Labute approximate surface area is 89.9 Å². The topological polar surface area (TPSA) is 9.23 Å². The molecule has 0 rings (SSSR count). The van der Waals surface area contributed by atoms with Crippen LogP contribution < -0.4 is 0 Å². The predicted molar refractivity (Wildman–Crippen MR) is 69.5 cm³/mol. The van der Waals surface area contributed by atoms with Gasteiger partial charge in [0.2, 0.25) is 0 Å². The normalized spacial score (nSPS) is 15.9. The lowest BCUT2D eigenvalue weighted by molar-refractivity contribution is 0.542. The van der Waals surface area contributed by atoms with E-state index in [1.165, 1.54) is 6.42 Å². The molecule has 80 valence electrons. The maximum atomic E-state index is 6.33. The van der Waals surface area contributed by atoms with Gasteiger partial charge in [-0.25, -0.2) is 0 Å². The van der Waals surface area contributed by atoms with Crippen molar-refractivity contribution in [1.82, 2.24) is 0 Å². The Bertz CT molecular complexity index is 150. The molecule has 0 fully saturated rings. The highest BCUT2D eigenvalue weighted by Gasteiger charge is 2.35. The van der Waals surface area contributed by atoms with Crippen LogP contribution in [0.3, 0.4) is 0 Å². The van der Waals surface area contributed by atoms with E-state index in [-0.39, 0.29) is 0 Å². The fourth-order valence-electron chi connectivity index (χ4n) is 1.80. The molecule has 0 radical (unpaired) electrons. The Morgan fingerprint density at radius 3 is 1.85 bits per heavy atom.